The highest BCUT2D eigenvalue weighted by Crippen LogP contribution is 2.20. The van der Waals surface area contributed by atoms with Gasteiger partial charge in [0.15, 0.2) is 0 Å². The van der Waals surface area contributed by atoms with E-state index in [9.17, 15) is 9.59 Å². The highest BCUT2D eigenvalue weighted by Gasteiger charge is 2.26. The number of hydrogen-bond acceptors (Lipinski definition) is 4. The first-order valence-electron chi connectivity index (χ1n) is 7.14. The zero-order chi connectivity index (χ0) is 15.2. The van der Waals surface area contributed by atoms with Crippen molar-refractivity contribution < 1.29 is 19.1 Å². The van der Waals surface area contributed by atoms with Crippen LogP contribution >= 0.6 is 0 Å². The fourth-order valence-electron chi connectivity index (χ4n) is 2.06. The van der Waals surface area contributed by atoms with E-state index in [0.717, 1.165) is 12.8 Å². The molecule has 20 heavy (non-hydrogen) atoms. The van der Waals surface area contributed by atoms with Crippen molar-refractivity contribution >= 4 is 12.1 Å². The second kappa shape index (κ2) is 7.31. The Bertz CT molecular complexity index is 371. The van der Waals surface area contributed by atoms with Gasteiger partial charge in [-0.3, -0.25) is 0 Å². The fraction of sp³-hybridized carbons (Fsp3) is 0.733. The monoisotopic (exact) mass is 283 g/mol. The summed E-state index contributed by atoms with van der Waals surface area (Å²) < 4.78 is 10.2. The van der Waals surface area contributed by atoms with E-state index >= 15 is 0 Å². The summed E-state index contributed by atoms with van der Waals surface area (Å²) in [4.78, 5) is 25.0. The standard InChI is InChI=1S/C15H25NO4/c1-5-19-13(17)9-8-12-7-6-10-16(11-12)14(18)20-15(2,3)4/h8-9,12H,5-7,10-11H2,1-4H3/b9-8+. The molecular formula is C15H25NO4. The second-order valence-corrected chi connectivity index (χ2v) is 5.94. The number of nitrogens with zero attached hydrogens (tertiary/aromatic N) is 1. The molecular weight excluding hydrogens is 258 g/mol. The van der Waals surface area contributed by atoms with Gasteiger partial charge in [-0.15, -0.1) is 0 Å². The second-order valence-electron chi connectivity index (χ2n) is 5.94. The molecule has 1 aliphatic rings. The van der Waals surface area contributed by atoms with Crippen LogP contribution in [0.3, 0.4) is 0 Å². The zero-order valence-corrected chi connectivity index (χ0v) is 12.8. The van der Waals surface area contributed by atoms with Gasteiger partial charge in [0, 0.05) is 19.2 Å². The Balaban J connectivity index is 2.50. The molecule has 0 bridgehead atoms. The van der Waals surface area contributed by atoms with E-state index in [1.165, 1.54) is 6.08 Å². The van der Waals surface area contributed by atoms with Gasteiger partial charge in [-0.25, -0.2) is 9.59 Å². The van der Waals surface area contributed by atoms with Crippen molar-refractivity contribution in [2.45, 2.75) is 46.1 Å². The number of amides is 1. The molecule has 0 saturated carbocycles. The van der Waals surface area contributed by atoms with Crippen LogP contribution in [-0.2, 0) is 14.3 Å². The number of likely N-dealkylation sites (tertiary alicyclic amines) is 1. The van der Waals surface area contributed by atoms with Gasteiger partial charge in [-0.1, -0.05) is 6.08 Å². The lowest BCUT2D eigenvalue weighted by Crippen LogP contribution is -2.42. The van der Waals surface area contributed by atoms with Crippen molar-refractivity contribution in [1.82, 2.24) is 4.90 Å². The minimum atomic E-state index is -0.481. The first kappa shape index (κ1) is 16.5. The van der Waals surface area contributed by atoms with Crippen molar-refractivity contribution in [3.8, 4) is 0 Å². The third-order valence-corrected chi connectivity index (χ3v) is 2.90. The van der Waals surface area contributed by atoms with Gasteiger partial charge in [0.1, 0.15) is 5.60 Å². The molecule has 1 amide bonds. The number of hydrogen-bond donors (Lipinski definition) is 0. The molecule has 0 aromatic heterocycles. The highest BCUT2D eigenvalue weighted by molar-refractivity contribution is 5.81. The van der Waals surface area contributed by atoms with E-state index < -0.39 is 5.60 Å². The molecule has 1 saturated heterocycles. The van der Waals surface area contributed by atoms with E-state index in [1.807, 2.05) is 26.8 Å². The number of carbonyl (C=O) groups is 2. The zero-order valence-electron chi connectivity index (χ0n) is 12.8. The van der Waals surface area contributed by atoms with Crippen LogP contribution in [0.5, 0.6) is 0 Å². The Hall–Kier alpha value is -1.52. The minimum absolute atomic E-state index is 0.181. The van der Waals surface area contributed by atoms with Gasteiger partial charge in [0.2, 0.25) is 0 Å². The van der Waals surface area contributed by atoms with E-state index in [4.69, 9.17) is 9.47 Å². The molecule has 0 radical (unpaired) electrons. The Morgan fingerprint density at radius 3 is 2.65 bits per heavy atom. The van der Waals surface area contributed by atoms with E-state index in [0.29, 0.717) is 19.7 Å². The maximum Gasteiger partial charge on any atom is 0.410 e. The molecule has 1 fully saturated rings. The summed E-state index contributed by atoms with van der Waals surface area (Å²) in [6.45, 7) is 9.00. The molecule has 114 valence electrons. The summed E-state index contributed by atoms with van der Waals surface area (Å²) in [6.07, 6.45) is 4.87. The summed E-state index contributed by atoms with van der Waals surface area (Å²) in [7, 11) is 0. The van der Waals surface area contributed by atoms with Crippen molar-refractivity contribution in [2.75, 3.05) is 19.7 Å². The number of rotatable bonds is 3. The topological polar surface area (TPSA) is 55.8 Å². The van der Waals surface area contributed by atoms with Gasteiger partial charge in [-0.2, -0.15) is 0 Å². The van der Waals surface area contributed by atoms with Crippen LogP contribution in [0, 0.1) is 5.92 Å². The SMILES string of the molecule is CCOC(=O)/C=C/C1CCCN(C(=O)OC(C)(C)C)C1. The fourth-order valence-corrected chi connectivity index (χ4v) is 2.06. The van der Waals surface area contributed by atoms with Gasteiger partial charge in [0.05, 0.1) is 6.61 Å². The van der Waals surface area contributed by atoms with Crippen LogP contribution in [0.15, 0.2) is 12.2 Å². The third-order valence-electron chi connectivity index (χ3n) is 2.90. The average molecular weight is 283 g/mol. The predicted octanol–water partition coefficient (Wildman–Crippen LogP) is 2.75. The summed E-state index contributed by atoms with van der Waals surface area (Å²) in [5.74, 6) is -0.150. The largest absolute Gasteiger partial charge is 0.463 e. The Morgan fingerprint density at radius 1 is 1.35 bits per heavy atom. The summed E-state index contributed by atoms with van der Waals surface area (Å²) in [6, 6.07) is 0. The van der Waals surface area contributed by atoms with Crippen LogP contribution in [-0.4, -0.2) is 42.3 Å². The average Bonchev–Trinajstić information content (AvgIpc) is 2.35. The molecule has 1 rings (SSSR count). The van der Waals surface area contributed by atoms with Crippen molar-refractivity contribution in [3.05, 3.63) is 12.2 Å². The van der Waals surface area contributed by atoms with Gasteiger partial charge < -0.3 is 14.4 Å². The molecule has 1 heterocycles. The number of ether oxygens (including phenoxy) is 2. The van der Waals surface area contributed by atoms with Gasteiger partial charge >= 0.3 is 12.1 Å². The smallest absolute Gasteiger partial charge is 0.410 e. The van der Waals surface area contributed by atoms with Crippen LogP contribution in [0.2, 0.25) is 0 Å². The van der Waals surface area contributed by atoms with Gasteiger partial charge in [-0.05, 0) is 46.5 Å². The van der Waals surface area contributed by atoms with E-state index in [-0.39, 0.29) is 18.0 Å². The van der Waals surface area contributed by atoms with Crippen molar-refractivity contribution in [3.63, 3.8) is 0 Å². The van der Waals surface area contributed by atoms with E-state index in [2.05, 4.69) is 0 Å². The third kappa shape index (κ3) is 6.08. The Labute approximate surface area is 120 Å². The first-order chi connectivity index (χ1) is 9.31. The molecule has 0 N–H and O–H groups in total. The number of carbonyl (C=O) groups excluding carboxylic acids is 2. The molecule has 5 nitrogen and oxygen atoms in total. The van der Waals surface area contributed by atoms with Crippen LogP contribution in [0.4, 0.5) is 4.79 Å². The molecule has 1 aliphatic heterocycles. The Morgan fingerprint density at radius 2 is 2.05 bits per heavy atom. The van der Waals surface area contributed by atoms with Crippen molar-refractivity contribution in [2.24, 2.45) is 5.92 Å². The van der Waals surface area contributed by atoms with Crippen molar-refractivity contribution in [1.29, 1.82) is 0 Å². The molecule has 0 aliphatic carbocycles. The summed E-state index contributed by atoms with van der Waals surface area (Å²) in [5.41, 5.74) is -0.481. The van der Waals surface area contributed by atoms with Crippen LogP contribution in [0.25, 0.3) is 0 Å². The maximum atomic E-state index is 12.0. The van der Waals surface area contributed by atoms with E-state index in [1.54, 1.807) is 11.8 Å². The molecule has 5 heteroatoms. The lowest BCUT2D eigenvalue weighted by Gasteiger charge is -2.33. The molecule has 0 aromatic carbocycles. The lowest BCUT2D eigenvalue weighted by atomic mass is 9.98. The predicted molar refractivity (Wildman–Crippen MR) is 76.3 cm³/mol. The number of piperidine rings is 1. The molecule has 0 spiro atoms. The minimum Gasteiger partial charge on any atom is -0.463 e. The van der Waals surface area contributed by atoms with Gasteiger partial charge in [0.25, 0.3) is 0 Å². The summed E-state index contributed by atoms with van der Waals surface area (Å²) in [5, 5.41) is 0. The first-order valence-corrected chi connectivity index (χ1v) is 7.14. The number of esters is 1. The lowest BCUT2D eigenvalue weighted by molar-refractivity contribution is -0.137. The molecule has 0 aromatic rings. The molecule has 1 unspecified atom stereocenters. The van der Waals surface area contributed by atoms with Crippen LogP contribution < -0.4 is 0 Å². The molecule has 1 atom stereocenters. The quantitative estimate of drug-likeness (QED) is 0.590. The van der Waals surface area contributed by atoms with Crippen LogP contribution in [0.1, 0.15) is 40.5 Å². The highest BCUT2D eigenvalue weighted by atomic mass is 16.6. The Kier molecular flexibility index (Phi) is 6.05. The maximum absolute atomic E-state index is 12.0. The summed E-state index contributed by atoms with van der Waals surface area (Å²) >= 11 is 0. The normalized spacial score (nSPS) is 20.0.